The Morgan fingerprint density at radius 1 is 1.05 bits per heavy atom. The lowest BCUT2D eigenvalue weighted by Crippen LogP contribution is -2.51. The number of allylic oxidation sites excluding steroid dienone is 2. The second-order valence-electron chi connectivity index (χ2n) is 7.51. The second-order valence-corrected chi connectivity index (χ2v) is 7.51. The van der Waals surface area contributed by atoms with E-state index in [4.69, 9.17) is 0 Å². The van der Waals surface area contributed by atoms with Gasteiger partial charge in [-0.1, -0.05) is 19.9 Å². The maximum absolute atomic E-state index is 12.8. The van der Waals surface area contributed by atoms with Gasteiger partial charge in [-0.25, -0.2) is 0 Å². The van der Waals surface area contributed by atoms with Crippen LogP contribution in [0.1, 0.15) is 52.4 Å². The van der Waals surface area contributed by atoms with Gasteiger partial charge in [0.2, 0.25) is 0 Å². The molecule has 2 saturated heterocycles. The number of carbonyl (C=O) groups is 2. The fraction of sp³-hybridized carbons (Fsp3) is 0.778. The summed E-state index contributed by atoms with van der Waals surface area (Å²) in [4.78, 5) is 29.0. The normalized spacial score (nSPS) is 32.3. The summed E-state index contributed by atoms with van der Waals surface area (Å²) in [6, 6.07) is 0. The van der Waals surface area contributed by atoms with Crippen LogP contribution in [0.25, 0.3) is 0 Å². The topological polar surface area (TPSA) is 40.6 Å². The summed E-state index contributed by atoms with van der Waals surface area (Å²) in [6.07, 6.45) is 8.96. The van der Waals surface area contributed by atoms with Crippen molar-refractivity contribution in [2.45, 2.75) is 52.4 Å². The van der Waals surface area contributed by atoms with E-state index in [1.807, 2.05) is 0 Å². The number of likely N-dealkylation sites (tertiary alicyclic amines) is 2. The van der Waals surface area contributed by atoms with Crippen LogP contribution in [-0.4, -0.2) is 41.2 Å². The molecule has 4 heteroatoms. The summed E-state index contributed by atoms with van der Waals surface area (Å²) >= 11 is 0. The van der Waals surface area contributed by atoms with Gasteiger partial charge < -0.3 is 9.80 Å². The minimum Gasteiger partial charge on any atom is -0.334 e. The molecule has 0 N–H and O–H groups in total. The smallest absolute Gasteiger partial charge is 0.316 e. The second kappa shape index (κ2) is 6.43. The predicted molar refractivity (Wildman–Crippen MR) is 85.9 cm³/mol. The Bertz CT molecular complexity index is 475. The lowest BCUT2D eigenvalue weighted by atomic mass is 9.85. The van der Waals surface area contributed by atoms with Gasteiger partial charge >= 0.3 is 11.8 Å². The number of hydrogen-bond donors (Lipinski definition) is 0. The summed E-state index contributed by atoms with van der Waals surface area (Å²) in [7, 11) is 0. The van der Waals surface area contributed by atoms with E-state index in [0.29, 0.717) is 24.3 Å². The number of nitrogens with zero attached hydrogens (tertiary/aromatic N) is 2. The van der Waals surface area contributed by atoms with Crippen LogP contribution in [0.15, 0.2) is 11.8 Å². The monoisotopic (exact) mass is 304 g/mol. The Morgan fingerprint density at radius 2 is 1.73 bits per heavy atom. The van der Waals surface area contributed by atoms with E-state index in [1.165, 1.54) is 19.3 Å². The van der Waals surface area contributed by atoms with Gasteiger partial charge in [0.15, 0.2) is 0 Å². The average molecular weight is 304 g/mol. The molecule has 3 unspecified atom stereocenters. The molecule has 0 aromatic carbocycles. The molecular formula is C18H28N2O2. The first-order valence-corrected chi connectivity index (χ1v) is 8.87. The Kier molecular flexibility index (Phi) is 4.55. The van der Waals surface area contributed by atoms with Crippen molar-refractivity contribution in [2.24, 2.45) is 17.8 Å². The number of fused-ring (bicyclic) bond motifs is 1. The molecule has 2 amide bonds. The third-order valence-corrected chi connectivity index (χ3v) is 5.36. The molecule has 0 saturated carbocycles. The first kappa shape index (κ1) is 15.6. The van der Waals surface area contributed by atoms with Crippen LogP contribution >= 0.6 is 0 Å². The Balaban J connectivity index is 1.72. The third-order valence-electron chi connectivity index (χ3n) is 5.36. The lowest BCUT2D eigenvalue weighted by molar-refractivity contribution is -0.153. The highest BCUT2D eigenvalue weighted by Gasteiger charge is 2.36. The first-order valence-electron chi connectivity index (χ1n) is 8.87. The molecule has 0 aromatic rings. The van der Waals surface area contributed by atoms with Gasteiger partial charge in [0, 0.05) is 25.3 Å². The summed E-state index contributed by atoms with van der Waals surface area (Å²) in [6.45, 7) is 6.50. The van der Waals surface area contributed by atoms with E-state index in [9.17, 15) is 9.59 Å². The molecule has 2 heterocycles. The van der Waals surface area contributed by atoms with Gasteiger partial charge in [-0.15, -0.1) is 0 Å². The van der Waals surface area contributed by atoms with Gasteiger partial charge in [-0.2, -0.15) is 0 Å². The largest absolute Gasteiger partial charge is 0.334 e. The minimum absolute atomic E-state index is 0.287. The van der Waals surface area contributed by atoms with E-state index < -0.39 is 0 Å². The molecule has 3 atom stereocenters. The van der Waals surface area contributed by atoms with E-state index in [2.05, 4.69) is 19.9 Å². The molecule has 0 spiro atoms. The zero-order chi connectivity index (χ0) is 15.7. The number of carbonyl (C=O) groups excluding carboxylic acids is 2. The zero-order valence-electron chi connectivity index (χ0n) is 13.9. The highest BCUT2D eigenvalue weighted by atomic mass is 16.2. The molecule has 0 bridgehead atoms. The summed E-state index contributed by atoms with van der Waals surface area (Å²) in [5, 5.41) is 0. The molecule has 0 radical (unpaired) electrons. The van der Waals surface area contributed by atoms with Crippen LogP contribution < -0.4 is 0 Å². The van der Waals surface area contributed by atoms with Gasteiger partial charge in [0.05, 0.1) is 0 Å². The van der Waals surface area contributed by atoms with Crippen molar-refractivity contribution in [3.05, 3.63) is 11.8 Å². The van der Waals surface area contributed by atoms with Crippen molar-refractivity contribution in [3.63, 3.8) is 0 Å². The quantitative estimate of drug-likeness (QED) is 0.646. The maximum Gasteiger partial charge on any atom is 0.316 e. The Morgan fingerprint density at radius 3 is 2.45 bits per heavy atom. The fourth-order valence-corrected chi connectivity index (χ4v) is 4.47. The van der Waals surface area contributed by atoms with Crippen LogP contribution in [0.2, 0.25) is 0 Å². The molecule has 1 aliphatic carbocycles. The summed E-state index contributed by atoms with van der Waals surface area (Å²) < 4.78 is 0. The molecular weight excluding hydrogens is 276 g/mol. The van der Waals surface area contributed by atoms with Crippen LogP contribution in [0.5, 0.6) is 0 Å². The third kappa shape index (κ3) is 3.06. The molecule has 3 aliphatic rings. The average Bonchev–Trinajstić information content (AvgIpc) is 2.52. The summed E-state index contributed by atoms with van der Waals surface area (Å²) in [5.74, 6) is 0.898. The molecule has 4 nitrogen and oxygen atoms in total. The number of rotatable bonds is 0. The van der Waals surface area contributed by atoms with Gasteiger partial charge in [-0.3, -0.25) is 9.59 Å². The van der Waals surface area contributed by atoms with Gasteiger partial charge in [0.1, 0.15) is 0 Å². The zero-order valence-corrected chi connectivity index (χ0v) is 13.9. The lowest BCUT2D eigenvalue weighted by Gasteiger charge is -2.40. The standard InChI is InChI=1S/C18H28N2O2/c1-13-10-14(2)12-19(11-13)17(21)18(22)20-9-5-7-15-6-3-4-8-16(15)20/h8,13-15H,3-7,9-12H2,1-2H3. The molecule has 3 rings (SSSR count). The predicted octanol–water partition coefficient (Wildman–Crippen LogP) is 2.80. The molecule has 0 aromatic heterocycles. The van der Waals surface area contributed by atoms with Crippen molar-refractivity contribution < 1.29 is 9.59 Å². The van der Waals surface area contributed by atoms with Crippen molar-refractivity contribution in [2.75, 3.05) is 19.6 Å². The highest BCUT2D eigenvalue weighted by molar-refractivity contribution is 6.35. The molecule has 22 heavy (non-hydrogen) atoms. The van der Waals surface area contributed by atoms with Gasteiger partial charge in [-0.05, 0) is 56.3 Å². The van der Waals surface area contributed by atoms with Crippen LogP contribution in [0, 0.1) is 17.8 Å². The van der Waals surface area contributed by atoms with Crippen molar-refractivity contribution in [3.8, 4) is 0 Å². The minimum atomic E-state index is -0.292. The molecule has 2 fully saturated rings. The van der Waals surface area contributed by atoms with Crippen molar-refractivity contribution in [1.29, 1.82) is 0 Å². The van der Waals surface area contributed by atoms with E-state index in [-0.39, 0.29) is 11.8 Å². The number of hydrogen-bond acceptors (Lipinski definition) is 2. The highest BCUT2D eigenvalue weighted by Crippen LogP contribution is 2.35. The van der Waals surface area contributed by atoms with Crippen LogP contribution in [0.3, 0.4) is 0 Å². The fourth-order valence-electron chi connectivity index (χ4n) is 4.47. The maximum atomic E-state index is 12.8. The number of amides is 2. The van der Waals surface area contributed by atoms with E-state index in [1.54, 1.807) is 9.80 Å². The van der Waals surface area contributed by atoms with Crippen LogP contribution in [0.4, 0.5) is 0 Å². The van der Waals surface area contributed by atoms with Crippen molar-refractivity contribution >= 4 is 11.8 Å². The van der Waals surface area contributed by atoms with Crippen molar-refractivity contribution in [1.82, 2.24) is 9.80 Å². The van der Waals surface area contributed by atoms with Crippen LogP contribution in [-0.2, 0) is 9.59 Å². The van der Waals surface area contributed by atoms with Gasteiger partial charge in [0.25, 0.3) is 0 Å². The number of piperidine rings is 2. The van der Waals surface area contributed by atoms with E-state index >= 15 is 0 Å². The molecule has 2 aliphatic heterocycles. The Hall–Kier alpha value is -1.32. The van der Waals surface area contributed by atoms with E-state index in [0.717, 1.165) is 38.0 Å². The summed E-state index contributed by atoms with van der Waals surface area (Å²) in [5.41, 5.74) is 1.13. The molecule has 122 valence electrons. The first-order chi connectivity index (χ1) is 10.6. The SMILES string of the molecule is CC1CC(C)CN(C(=O)C(=O)N2CCCC3CCCC=C32)C1. The Labute approximate surface area is 133 Å².